The minimum atomic E-state index is 0.283. The van der Waals surface area contributed by atoms with E-state index >= 15 is 0 Å². The molecule has 2 atom stereocenters. The molecule has 0 saturated carbocycles. The number of hydrogen-bond donors (Lipinski definition) is 1. The molecule has 0 spiro atoms. The molecule has 2 aromatic rings. The van der Waals surface area contributed by atoms with Crippen molar-refractivity contribution in [1.29, 1.82) is 0 Å². The summed E-state index contributed by atoms with van der Waals surface area (Å²) in [7, 11) is 0. The molecular formula is C14H22N4O. The molecule has 0 aliphatic rings. The largest absolute Gasteiger partial charge is 0.444 e. The molecule has 19 heavy (non-hydrogen) atoms. The fourth-order valence-electron chi connectivity index (χ4n) is 1.92. The van der Waals surface area contributed by atoms with Gasteiger partial charge in [0.2, 0.25) is 5.89 Å². The highest BCUT2D eigenvalue weighted by atomic mass is 16.4. The predicted molar refractivity (Wildman–Crippen MR) is 74.0 cm³/mol. The van der Waals surface area contributed by atoms with Crippen molar-refractivity contribution in [3.8, 4) is 0 Å². The molecule has 0 aliphatic carbocycles. The van der Waals surface area contributed by atoms with E-state index in [0.29, 0.717) is 6.54 Å². The molecule has 2 heterocycles. The van der Waals surface area contributed by atoms with Gasteiger partial charge in [-0.2, -0.15) is 5.10 Å². The van der Waals surface area contributed by atoms with Gasteiger partial charge in [0.15, 0.2) is 0 Å². The quantitative estimate of drug-likeness (QED) is 0.899. The van der Waals surface area contributed by atoms with Crippen LogP contribution in [0.5, 0.6) is 0 Å². The third-order valence-electron chi connectivity index (χ3n) is 3.52. The minimum Gasteiger partial charge on any atom is -0.444 e. The molecule has 0 aromatic carbocycles. The molecule has 5 nitrogen and oxygen atoms in total. The number of rotatable bonds is 5. The van der Waals surface area contributed by atoms with Gasteiger partial charge in [-0.15, -0.1) is 0 Å². The highest BCUT2D eigenvalue weighted by Crippen LogP contribution is 2.12. The van der Waals surface area contributed by atoms with E-state index in [2.05, 4.69) is 35.4 Å². The van der Waals surface area contributed by atoms with Crippen LogP contribution in [0.25, 0.3) is 0 Å². The molecule has 0 saturated heterocycles. The van der Waals surface area contributed by atoms with Crippen molar-refractivity contribution in [3.05, 3.63) is 35.3 Å². The Morgan fingerprint density at radius 2 is 2.05 bits per heavy atom. The summed E-state index contributed by atoms with van der Waals surface area (Å²) >= 11 is 0. The molecule has 2 aromatic heterocycles. The summed E-state index contributed by atoms with van der Waals surface area (Å²) in [5.74, 6) is 1.63. The first-order valence-corrected chi connectivity index (χ1v) is 6.64. The highest BCUT2D eigenvalue weighted by Gasteiger charge is 2.15. The average molecular weight is 262 g/mol. The van der Waals surface area contributed by atoms with Crippen molar-refractivity contribution in [2.75, 3.05) is 0 Å². The van der Waals surface area contributed by atoms with Crippen molar-refractivity contribution in [2.24, 2.45) is 0 Å². The number of aryl methyl sites for hydroxylation is 3. The lowest BCUT2D eigenvalue weighted by Crippen LogP contribution is -2.33. The number of nitrogens with zero attached hydrogens (tertiary/aromatic N) is 3. The smallest absolute Gasteiger partial charge is 0.208 e. The fourth-order valence-corrected chi connectivity index (χ4v) is 1.92. The third kappa shape index (κ3) is 3.23. The standard InChI is InChI=1S/C14H22N4O/c1-9-6-16-18(8-9)12(4)10(2)15-7-14-17-11(3)13(5)19-14/h6,8,10,12,15H,7H2,1-5H3/t10-,12+/m0/s1. The van der Waals surface area contributed by atoms with E-state index in [4.69, 9.17) is 4.42 Å². The Balaban J connectivity index is 1.92. The van der Waals surface area contributed by atoms with Crippen LogP contribution in [0.1, 0.15) is 42.8 Å². The maximum atomic E-state index is 5.56. The van der Waals surface area contributed by atoms with Crippen LogP contribution in [0.3, 0.4) is 0 Å². The summed E-state index contributed by atoms with van der Waals surface area (Å²) in [4.78, 5) is 4.37. The van der Waals surface area contributed by atoms with E-state index in [1.807, 2.05) is 31.6 Å². The number of oxazole rings is 1. The van der Waals surface area contributed by atoms with Gasteiger partial charge in [-0.05, 0) is 40.2 Å². The molecule has 0 fully saturated rings. The first-order valence-electron chi connectivity index (χ1n) is 6.64. The van der Waals surface area contributed by atoms with E-state index in [9.17, 15) is 0 Å². The Kier molecular flexibility index (Phi) is 4.04. The fraction of sp³-hybridized carbons (Fsp3) is 0.571. The van der Waals surface area contributed by atoms with Gasteiger partial charge in [0.1, 0.15) is 5.76 Å². The zero-order valence-electron chi connectivity index (χ0n) is 12.3. The Bertz CT molecular complexity index is 524. The SMILES string of the molecule is Cc1cnn([C@H](C)[C@H](C)NCc2nc(C)c(C)o2)c1. The Hall–Kier alpha value is -1.62. The minimum absolute atomic E-state index is 0.283. The second-order valence-corrected chi connectivity index (χ2v) is 5.16. The van der Waals surface area contributed by atoms with Crippen LogP contribution in [0.15, 0.2) is 16.8 Å². The molecule has 2 rings (SSSR count). The van der Waals surface area contributed by atoms with Gasteiger partial charge in [-0.3, -0.25) is 4.68 Å². The average Bonchev–Trinajstić information content (AvgIpc) is 2.93. The van der Waals surface area contributed by atoms with Crippen molar-refractivity contribution < 1.29 is 4.42 Å². The van der Waals surface area contributed by atoms with Gasteiger partial charge in [-0.25, -0.2) is 4.98 Å². The summed E-state index contributed by atoms with van der Waals surface area (Å²) in [6.45, 7) is 10.9. The lowest BCUT2D eigenvalue weighted by molar-refractivity contribution is 0.345. The Morgan fingerprint density at radius 1 is 1.32 bits per heavy atom. The van der Waals surface area contributed by atoms with Crippen LogP contribution in [-0.2, 0) is 6.54 Å². The molecule has 0 amide bonds. The van der Waals surface area contributed by atoms with Crippen LogP contribution < -0.4 is 5.32 Å². The van der Waals surface area contributed by atoms with Gasteiger partial charge >= 0.3 is 0 Å². The first-order chi connectivity index (χ1) is 8.97. The van der Waals surface area contributed by atoms with Crippen LogP contribution >= 0.6 is 0 Å². The maximum absolute atomic E-state index is 5.56. The molecule has 0 aliphatic heterocycles. The maximum Gasteiger partial charge on any atom is 0.208 e. The zero-order valence-corrected chi connectivity index (χ0v) is 12.3. The summed E-state index contributed by atoms with van der Waals surface area (Å²) in [6.07, 6.45) is 3.94. The van der Waals surface area contributed by atoms with Gasteiger partial charge < -0.3 is 9.73 Å². The second kappa shape index (κ2) is 5.57. The van der Waals surface area contributed by atoms with Crippen LogP contribution in [0.2, 0.25) is 0 Å². The molecule has 5 heteroatoms. The number of hydrogen-bond acceptors (Lipinski definition) is 4. The van der Waals surface area contributed by atoms with E-state index < -0.39 is 0 Å². The van der Waals surface area contributed by atoms with Crippen molar-refractivity contribution >= 4 is 0 Å². The topological polar surface area (TPSA) is 55.9 Å². The summed E-state index contributed by atoms with van der Waals surface area (Å²) in [5.41, 5.74) is 2.14. The van der Waals surface area contributed by atoms with Crippen LogP contribution in [-0.4, -0.2) is 20.8 Å². The summed E-state index contributed by atoms with van der Waals surface area (Å²) < 4.78 is 7.54. The monoisotopic (exact) mass is 262 g/mol. The van der Waals surface area contributed by atoms with E-state index in [1.54, 1.807) is 0 Å². The molecule has 104 valence electrons. The highest BCUT2D eigenvalue weighted by molar-refractivity contribution is 5.05. The Labute approximate surface area is 114 Å². The second-order valence-electron chi connectivity index (χ2n) is 5.16. The Morgan fingerprint density at radius 3 is 2.58 bits per heavy atom. The normalized spacial score (nSPS) is 14.6. The van der Waals surface area contributed by atoms with Gasteiger partial charge in [0, 0.05) is 12.2 Å². The first kappa shape index (κ1) is 13.8. The lowest BCUT2D eigenvalue weighted by atomic mass is 10.2. The van der Waals surface area contributed by atoms with E-state index in [1.165, 1.54) is 5.56 Å². The zero-order chi connectivity index (χ0) is 14.0. The van der Waals surface area contributed by atoms with Crippen molar-refractivity contribution in [2.45, 2.75) is 53.2 Å². The van der Waals surface area contributed by atoms with Crippen LogP contribution in [0, 0.1) is 20.8 Å². The van der Waals surface area contributed by atoms with E-state index in [0.717, 1.165) is 17.3 Å². The molecule has 1 N–H and O–H groups in total. The van der Waals surface area contributed by atoms with E-state index in [-0.39, 0.29) is 12.1 Å². The summed E-state index contributed by atoms with van der Waals surface area (Å²) in [5, 5.41) is 7.78. The lowest BCUT2D eigenvalue weighted by Gasteiger charge is -2.21. The molecule has 0 unspecified atom stereocenters. The third-order valence-corrected chi connectivity index (χ3v) is 3.52. The summed E-state index contributed by atoms with van der Waals surface area (Å²) in [6, 6.07) is 0.567. The van der Waals surface area contributed by atoms with Crippen molar-refractivity contribution in [3.63, 3.8) is 0 Å². The van der Waals surface area contributed by atoms with Gasteiger partial charge in [0.05, 0.1) is 24.5 Å². The number of aromatic nitrogens is 3. The molecular weight excluding hydrogens is 240 g/mol. The van der Waals surface area contributed by atoms with Crippen LogP contribution in [0.4, 0.5) is 0 Å². The predicted octanol–water partition coefficient (Wildman–Crippen LogP) is 2.54. The molecule has 0 bridgehead atoms. The van der Waals surface area contributed by atoms with Gasteiger partial charge in [0.25, 0.3) is 0 Å². The number of nitrogens with one attached hydrogen (secondary N) is 1. The molecule has 0 radical (unpaired) electrons. The van der Waals surface area contributed by atoms with Gasteiger partial charge in [-0.1, -0.05) is 0 Å². The van der Waals surface area contributed by atoms with Crippen molar-refractivity contribution in [1.82, 2.24) is 20.1 Å².